The first-order valence-corrected chi connectivity index (χ1v) is 10.8. The molecule has 0 atom stereocenters. The Hall–Kier alpha value is -3.14. The summed E-state index contributed by atoms with van der Waals surface area (Å²) in [6.45, 7) is 11.3. The van der Waals surface area contributed by atoms with Crippen molar-refractivity contribution in [2.75, 3.05) is 0 Å². The monoisotopic (exact) mass is 397 g/mol. The molecule has 0 aliphatic carbocycles. The fourth-order valence-corrected chi connectivity index (χ4v) is 4.77. The molecular weight excluding hydrogens is 368 g/mol. The Morgan fingerprint density at radius 3 is 2.20 bits per heavy atom. The van der Waals surface area contributed by atoms with Crippen LogP contribution in [0.3, 0.4) is 0 Å². The molecule has 5 rings (SSSR count). The van der Waals surface area contributed by atoms with Crippen LogP contribution in [-0.2, 0) is 7.05 Å². The number of para-hydroxylation sites is 2. The molecular formula is C26H29N4+. The number of imidazole rings is 2. The van der Waals surface area contributed by atoms with Crippen LogP contribution in [0.15, 0.2) is 54.7 Å². The van der Waals surface area contributed by atoms with E-state index in [9.17, 15) is 0 Å². The molecule has 0 aliphatic heterocycles. The zero-order valence-corrected chi connectivity index (χ0v) is 18.6. The zero-order chi connectivity index (χ0) is 21.2. The molecule has 4 nitrogen and oxygen atoms in total. The minimum Gasteiger partial charge on any atom is -0.256 e. The fraction of sp³-hybridized carbons (Fsp3) is 0.308. The highest BCUT2D eigenvalue weighted by Gasteiger charge is 2.28. The molecule has 152 valence electrons. The third kappa shape index (κ3) is 2.53. The highest BCUT2D eigenvalue weighted by atomic mass is 15.2. The average molecular weight is 398 g/mol. The van der Waals surface area contributed by atoms with Gasteiger partial charge in [-0.25, -0.2) is 4.57 Å². The SMILES string of the molecule is Cc1cccc2c1n1c(nc3ccc[n+](C)c31)n2-c1c(C(C)C)cccc1C(C)C. The molecule has 4 heteroatoms. The van der Waals surface area contributed by atoms with E-state index in [1.165, 1.54) is 33.4 Å². The second-order valence-electron chi connectivity index (χ2n) is 8.95. The van der Waals surface area contributed by atoms with Crippen molar-refractivity contribution in [2.45, 2.75) is 46.5 Å². The lowest BCUT2D eigenvalue weighted by molar-refractivity contribution is -0.647. The number of aromatic nitrogens is 4. The van der Waals surface area contributed by atoms with Gasteiger partial charge in [-0.15, -0.1) is 0 Å². The summed E-state index contributed by atoms with van der Waals surface area (Å²) in [5.74, 6) is 1.81. The lowest BCUT2D eigenvalue weighted by Gasteiger charge is -2.20. The van der Waals surface area contributed by atoms with Gasteiger partial charge in [0.2, 0.25) is 0 Å². The van der Waals surface area contributed by atoms with Crippen LogP contribution >= 0.6 is 0 Å². The Kier molecular flexibility index (Phi) is 4.21. The van der Waals surface area contributed by atoms with Crippen molar-refractivity contribution in [3.63, 3.8) is 0 Å². The quantitative estimate of drug-likeness (QED) is 0.353. The van der Waals surface area contributed by atoms with Crippen molar-refractivity contribution in [3.8, 4) is 5.69 Å². The first-order chi connectivity index (χ1) is 14.4. The minimum atomic E-state index is 0.418. The third-order valence-corrected chi connectivity index (χ3v) is 6.21. The molecule has 0 amide bonds. The lowest BCUT2D eigenvalue weighted by Crippen LogP contribution is -2.29. The second-order valence-corrected chi connectivity index (χ2v) is 8.95. The molecule has 2 aromatic carbocycles. The van der Waals surface area contributed by atoms with Crippen molar-refractivity contribution in [1.29, 1.82) is 0 Å². The van der Waals surface area contributed by atoms with Crippen molar-refractivity contribution in [2.24, 2.45) is 7.05 Å². The first-order valence-electron chi connectivity index (χ1n) is 10.8. The summed E-state index contributed by atoms with van der Waals surface area (Å²) in [6, 6.07) is 17.5. The van der Waals surface area contributed by atoms with E-state index in [-0.39, 0.29) is 0 Å². The van der Waals surface area contributed by atoms with E-state index in [4.69, 9.17) is 4.98 Å². The van der Waals surface area contributed by atoms with Crippen molar-refractivity contribution in [3.05, 3.63) is 71.4 Å². The predicted molar refractivity (Wildman–Crippen MR) is 124 cm³/mol. The smallest absolute Gasteiger partial charge is 0.256 e. The van der Waals surface area contributed by atoms with Crippen LogP contribution in [0, 0.1) is 6.92 Å². The van der Waals surface area contributed by atoms with Gasteiger partial charge in [0, 0.05) is 0 Å². The van der Waals surface area contributed by atoms with Gasteiger partial charge in [0.05, 0.1) is 24.4 Å². The maximum absolute atomic E-state index is 5.14. The normalized spacial score (nSPS) is 12.3. The van der Waals surface area contributed by atoms with E-state index >= 15 is 0 Å². The van der Waals surface area contributed by atoms with Gasteiger partial charge in [-0.1, -0.05) is 58.0 Å². The number of hydrogen-bond acceptors (Lipinski definition) is 1. The molecule has 0 spiro atoms. The summed E-state index contributed by atoms with van der Waals surface area (Å²) >= 11 is 0. The van der Waals surface area contributed by atoms with Crippen LogP contribution in [0.5, 0.6) is 0 Å². The molecule has 3 heterocycles. The number of hydrogen-bond donors (Lipinski definition) is 0. The average Bonchev–Trinajstić information content (AvgIpc) is 3.22. The van der Waals surface area contributed by atoms with Crippen LogP contribution in [0.25, 0.3) is 33.7 Å². The van der Waals surface area contributed by atoms with Crippen LogP contribution in [0.2, 0.25) is 0 Å². The summed E-state index contributed by atoms with van der Waals surface area (Å²) in [6.07, 6.45) is 2.10. The summed E-state index contributed by atoms with van der Waals surface area (Å²) < 4.78 is 6.90. The van der Waals surface area contributed by atoms with Gasteiger partial charge >= 0.3 is 11.4 Å². The van der Waals surface area contributed by atoms with Crippen LogP contribution in [-0.4, -0.2) is 14.0 Å². The number of fused-ring (bicyclic) bond motifs is 5. The lowest BCUT2D eigenvalue weighted by atomic mass is 9.92. The standard InChI is InChI=1S/C26H29N4/c1-16(2)19-11-8-12-20(17(3)4)24(19)29-22-14-7-10-18(5)23(22)30-25-21(27-26(29)30)13-9-15-28(25)6/h7-17H,1-6H3/q+1. The highest BCUT2D eigenvalue weighted by molar-refractivity contribution is 5.92. The Balaban J connectivity index is 2.08. The Morgan fingerprint density at radius 1 is 0.867 bits per heavy atom. The van der Waals surface area contributed by atoms with E-state index in [2.05, 4.69) is 110 Å². The Bertz CT molecular complexity index is 1390. The molecule has 0 N–H and O–H groups in total. The molecule has 0 saturated carbocycles. The van der Waals surface area contributed by atoms with Crippen molar-refractivity contribution < 1.29 is 4.57 Å². The zero-order valence-electron chi connectivity index (χ0n) is 18.6. The van der Waals surface area contributed by atoms with Crippen molar-refractivity contribution in [1.82, 2.24) is 14.0 Å². The van der Waals surface area contributed by atoms with Crippen LogP contribution < -0.4 is 4.57 Å². The summed E-state index contributed by atoms with van der Waals surface area (Å²) in [5, 5.41) is 0. The predicted octanol–water partition coefficient (Wildman–Crippen LogP) is 5.81. The first kappa shape index (κ1) is 18.9. The molecule has 0 bridgehead atoms. The Labute approximate surface area is 177 Å². The minimum absolute atomic E-state index is 0.418. The maximum Gasteiger partial charge on any atom is 0.315 e. The van der Waals surface area contributed by atoms with Crippen LogP contribution in [0.4, 0.5) is 0 Å². The summed E-state index contributed by atoms with van der Waals surface area (Å²) in [7, 11) is 2.10. The topological polar surface area (TPSA) is 26.1 Å². The number of aryl methyl sites for hydroxylation is 2. The second kappa shape index (κ2) is 6.69. The molecule has 0 unspecified atom stereocenters. The van der Waals surface area contributed by atoms with E-state index < -0.39 is 0 Å². The molecule has 5 aromatic rings. The largest absolute Gasteiger partial charge is 0.315 e. The number of benzene rings is 2. The van der Waals surface area contributed by atoms with Gasteiger partial charge in [-0.05, 0) is 53.6 Å². The highest BCUT2D eigenvalue weighted by Crippen LogP contribution is 2.37. The van der Waals surface area contributed by atoms with E-state index in [0.29, 0.717) is 11.8 Å². The molecule has 0 saturated heterocycles. The van der Waals surface area contributed by atoms with Crippen LogP contribution in [0.1, 0.15) is 56.2 Å². The number of pyridine rings is 1. The van der Waals surface area contributed by atoms with Gasteiger partial charge in [-0.2, -0.15) is 9.38 Å². The third-order valence-electron chi connectivity index (χ3n) is 6.21. The summed E-state index contributed by atoms with van der Waals surface area (Å²) in [5.41, 5.74) is 9.83. The molecule has 30 heavy (non-hydrogen) atoms. The molecule has 0 aliphatic rings. The Morgan fingerprint density at radius 2 is 1.53 bits per heavy atom. The van der Waals surface area contributed by atoms with Crippen molar-refractivity contribution >= 4 is 28.0 Å². The molecule has 0 fully saturated rings. The maximum atomic E-state index is 5.14. The van der Waals surface area contributed by atoms with Gasteiger partial charge in [0.25, 0.3) is 0 Å². The van der Waals surface area contributed by atoms with E-state index in [1.54, 1.807) is 0 Å². The number of rotatable bonds is 3. The van der Waals surface area contributed by atoms with E-state index in [0.717, 1.165) is 16.9 Å². The van der Waals surface area contributed by atoms with Gasteiger partial charge in [0.15, 0.2) is 11.0 Å². The summed E-state index contributed by atoms with van der Waals surface area (Å²) in [4.78, 5) is 5.14. The fourth-order valence-electron chi connectivity index (χ4n) is 4.77. The molecule has 0 radical (unpaired) electrons. The number of nitrogens with zero attached hydrogens (tertiary/aromatic N) is 4. The van der Waals surface area contributed by atoms with E-state index in [1.807, 2.05) is 0 Å². The van der Waals surface area contributed by atoms with Gasteiger partial charge in [0.1, 0.15) is 0 Å². The van der Waals surface area contributed by atoms with Gasteiger partial charge in [-0.3, -0.25) is 4.57 Å². The van der Waals surface area contributed by atoms with Gasteiger partial charge < -0.3 is 0 Å². The molecule has 3 aromatic heterocycles.